The average molecular weight is 365 g/mol. The number of ether oxygens (including phenoxy) is 1. The van der Waals surface area contributed by atoms with Crippen LogP contribution >= 0.6 is 11.3 Å². The summed E-state index contributed by atoms with van der Waals surface area (Å²) in [6.45, 7) is 1.96. The molecule has 3 heterocycles. The summed E-state index contributed by atoms with van der Waals surface area (Å²) in [5.41, 5.74) is 3.37. The number of aryl methyl sites for hydroxylation is 1. The summed E-state index contributed by atoms with van der Waals surface area (Å²) in [5.74, 6) is 0.424. The maximum absolute atomic E-state index is 12.7. The summed E-state index contributed by atoms with van der Waals surface area (Å²) >= 11 is 1.32. The van der Waals surface area contributed by atoms with Crippen LogP contribution in [-0.4, -0.2) is 26.6 Å². The lowest BCUT2D eigenvalue weighted by Crippen LogP contribution is -2.22. The minimum Gasteiger partial charge on any atom is -0.504 e. The number of phenolic OH excluding ortho intramolecular Hbond substituents is 1. The predicted octanol–water partition coefficient (Wildman–Crippen LogP) is 2.39. The summed E-state index contributed by atoms with van der Waals surface area (Å²) in [4.78, 5) is 22.0. The second-order valence-electron chi connectivity index (χ2n) is 5.82. The number of benzene rings is 1. The van der Waals surface area contributed by atoms with E-state index in [0.29, 0.717) is 15.2 Å². The molecule has 4 rings (SSSR count). The quantitative estimate of drug-likeness (QED) is 0.603. The summed E-state index contributed by atoms with van der Waals surface area (Å²) in [6.07, 6.45) is 7.01. The molecule has 1 N–H and O–H groups in total. The van der Waals surface area contributed by atoms with Gasteiger partial charge >= 0.3 is 0 Å². The number of imidazole rings is 1. The fraction of sp³-hybridized carbons (Fsp3) is 0.105. The predicted molar refractivity (Wildman–Crippen MR) is 101 cm³/mol. The van der Waals surface area contributed by atoms with Crippen LogP contribution in [0, 0.1) is 6.92 Å². The second-order valence-corrected chi connectivity index (χ2v) is 6.83. The summed E-state index contributed by atoms with van der Waals surface area (Å²) < 4.78 is 7.23. The third-order valence-electron chi connectivity index (χ3n) is 4.10. The third-order valence-corrected chi connectivity index (χ3v) is 5.09. The van der Waals surface area contributed by atoms with E-state index in [4.69, 9.17) is 4.74 Å². The number of pyridine rings is 1. The molecular formula is C19H15N3O3S. The Hall–Kier alpha value is -3.19. The summed E-state index contributed by atoms with van der Waals surface area (Å²) in [7, 11) is 1.49. The van der Waals surface area contributed by atoms with Crippen LogP contribution < -0.4 is 14.8 Å². The minimum atomic E-state index is -0.123. The van der Waals surface area contributed by atoms with Gasteiger partial charge in [-0.3, -0.25) is 14.2 Å². The normalized spacial score (nSPS) is 12.0. The lowest BCUT2D eigenvalue weighted by atomic mass is 10.1. The zero-order valence-corrected chi connectivity index (χ0v) is 14.9. The molecule has 0 bridgehead atoms. The average Bonchev–Trinajstić information content (AvgIpc) is 3.17. The van der Waals surface area contributed by atoms with Gasteiger partial charge in [-0.05, 0) is 42.3 Å². The van der Waals surface area contributed by atoms with Crippen LogP contribution in [0.2, 0.25) is 0 Å². The van der Waals surface area contributed by atoms with Gasteiger partial charge in [-0.25, -0.2) is 4.98 Å². The minimum absolute atomic E-state index is 0.0605. The molecule has 0 saturated heterocycles. The van der Waals surface area contributed by atoms with Crippen molar-refractivity contribution in [1.29, 1.82) is 0 Å². The highest BCUT2D eigenvalue weighted by Crippen LogP contribution is 2.26. The van der Waals surface area contributed by atoms with Gasteiger partial charge in [0.1, 0.15) is 0 Å². The van der Waals surface area contributed by atoms with Gasteiger partial charge in [0.15, 0.2) is 16.5 Å². The largest absolute Gasteiger partial charge is 0.504 e. The number of fused-ring (bicyclic) bond motifs is 1. The Bertz CT molecular complexity index is 1230. The van der Waals surface area contributed by atoms with E-state index in [0.717, 1.165) is 22.4 Å². The first-order valence-corrected chi connectivity index (χ1v) is 8.70. The molecule has 0 spiro atoms. The Morgan fingerprint density at radius 2 is 2.15 bits per heavy atom. The van der Waals surface area contributed by atoms with E-state index in [1.165, 1.54) is 24.5 Å². The first-order valence-electron chi connectivity index (χ1n) is 7.88. The number of phenols is 1. The maximum Gasteiger partial charge on any atom is 0.274 e. The standard InChI is InChI=1S/C19H15N3O3S/c1-11-9-20-6-5-13(11)14-10-22-18(24)17(26-19(22)21-14)8-12-3-4-15(23)16(7-12)25-2/h3-10,23H,1-2H3/b17-8-. The van der Waals surface area contributed by atoms with E-state index in [1.807, 2.05) is 13.0 Å². The van der Waals surface area contributed by atoms with Gasteiger partial charge in [0.05, 0.1) is 17.3 Å². The molecule has 0 fully saturated rings. The zero-order valence-electron chi connectivity index (χ0n) is 14.1. The third kappa shape index (κ3) is 2.72. The van der Waals surface area contributed by atoms with E-state index in [1.54, 1.807) is 41.2 Å². The smallest absolute Gasteiger partial charge is 0.274 e. The van der Waals surface area contributed by atoms with Crippen LogP contribution in [0.15, 0.2) is 47.7 Å². The molecule has 0 aliphatic carbocycles. The number of aromatic nitrogens is 3. The number of hydrogen-bond acceptors (Lipinski definition) is 6. The molecule has 0 amide bonds. The Balaban J connectivity index is 1.81. The van der Waals surface area contributed by atoms with Crippen molar-refractivity contribution in [1.82, 2.24) is 14.4 Å². The van der Waals surface area contributed by atoms with Crippen molar-refractivity contribution in [2.75, 3.05) is 7.11 Å². The highest BCUT2D eigenvalue weighted by atomic mass is 32.1. The first kappa shape index (κ1) is 16.3. The van der Waals surface area contributed by atoms with E-state index in [9.17, 15) is 9.90 Å². The molecule has 0 aliphatic rings. The molecule has 0 aliphatic heterocycles. The fourth-order valence-electron chi connectivity index (χ4n) is 2.76. The molecule has 0 radical (unpaired) electrons. The number of methoxy groups -OCH3 is 1. The van der Waals surface area contributed by atoms with Crippen LogP contribution in [0.1, 0.15) is 11.1 Å². The molecule has 0 saturated carbocycles. The van der Waals surface area contributed by atoms with Crippen LogP contribution in [0.25, 0.3) is 22.3 Å². The highest BCUT2D eigenvalue weighted by molar-refractivity contribution is 7.15. The van der Waals surface area contributed by atoms with Crippen molar-refractivity contribution in [3.63, 3.8) is 0 Å². The molecule has 0 atom stereocenters. The van der Waals surface area contributed by atoms with E-state index in [-0.39, 0.29) is 11.3 Å². The van der Waals surface area contributed by atoms with E-state index < -0.39 is 0 Å². The van der Waals surface area contributed by atoms with Gasteiger partial charge in [-0.1, -0.05) is 17.4 Å². The molecule has 0 unspecified atom stereocenters. The number of nitrogens with zero attached hydrogens (tertiary/aromatic N) is 3. The van der Waals surface area contributed by atoms with Crippen LogP contribution in [-0.2, 0) is 0 Å². The van der Waals surface area contributed by atoms with Gasteiger partial charge in [-0.15, -0.1) is 0 Å². The Kier molecular flexibility index (Phi) is 3.93. The first-order chi connectivity index (χ1) is 12.6. The summed E-state index contributed by atoms with van der Waals surface area (Å²) in [5, 5.41) is 9.68. The van der Waals surface area contributed by atoms with Crippen LogP contribution in [0.4, 0.5) is 0 Å². The topological polar surface area (TPSA) is 76.7 Å². The monoisotopic (exact) mass is 365 g/mol. The van der Waals surface area contributed by atoms with Crippen molar-refractivity contribution in [3.8, 4) is 22.8 Å². The van der Waals surface area contributed by atoms with Gasteiger partial charge in [0.2, 0.25) is 0 Å². The molecule has 7 heteroatoms. The SMILES string of the molecule is COc1cc(/C=c2\sc3nc(-c4ccncc4C)cn3c2=O)ccc1O. The number of thiazole rings is 1. The molecule has 3 aromatic heterocycles. The Morgan fingerprint density at radius 1 is 1.31 bits per heavy atom. The maximum atomic E-state index is 12.7. The number of rotatable bonds is 3. The zero-order chi connectivity index (χ0) is 18.3. The van der Waals surface area contributed by atoms with Gasteiger partial charge < -0.3 is 9.84 Å². The lowest BCUT2D eigenvalue weighted by molar-refractivity contribution is 0.373. The number of hydrogen-bond donors (Lipinski definition) is 1. The molecule has 130 valence electrons. The Labute approximate surface area is 152 Å². The van der Waals surface area contributed by atoms with Crippen LogP contribution in [0.3, 0.4) is 0 Å². The fourth-order valence-corrected chi connectivity index (χ4v) is 3.71. The molecule has 6 nitrogen and oxygen atoms in total. The van der Waals surface area contributed by atoms with Gasteiger partial charge in [0, 0.05) is 24.2 Å². The van der Waals surface area contributed by atoms with Crippen molar-refractivity contribution in [2.24, 2.45) is 0 Å². The summed E-state index contributed by atoms with van der Waals surface area (Å²) in [6, 6.07) is 6.84. The second kappa shape index (κ2) is 6.27. The highest BCUT2D eigenvalue weighted by Gasteiger charge is 2.12. The Morgan fingerprint density at radius 3 is 2.88 bits per heavy atom. The molecule has 1 aromatic carbocycles. The van der Waals surface area contributed by atoms with Gasteiger partial charge in [0.25, 0.3) is 5.56 Å². The van der Waals surface area contributed by atoms with E-state index >= 15 is 0 Å². The van der Waals surface area contributed by atoms with Crippen molar-refractivity contribution in [2.45, 2.75) is 6.92 Å². The lowest BCUT2D eigenvalue weighted by Gasteiger charge is -2.03. The molecular weight excluding hydrogens is 350 g/mol. The van der Waals surface area contributed by atoms with Crippen molar-refractivity contribution in [3.05, 3.63) is 68.9 Å². The van der Waals surface area contributed by atoms with E-state index in [2.05, 4.69) is 9.97 Å². The molecule has 26 heavy (non-hydrogen) atoms. The van der Waals surface area contributed by atoms with Gasteiger partial charge in [-0.2, -0.15) is 0 Å². The van der Waals surface area contributed by atoms with Crippen molar-refractivity contribution >= 4 is 22.4 Å². The molecule has 4 aromatic rings. The number of aromatic hydroxyl groups is 1. The van der Waals surface area contributed by atoms with Crippen molar-refractivity contribution < 1.29 is 9.84 Å². The van der Waals surface area contributed by atoms with Crippen LogP contribution in [0.5, 0.6) is 11.5 Å².